The van der Waals surface area contributed by atoms with E-state index in [1.54, 1.807) is 6.07 Å². The van der Waals surface area contributed by atoms with Crippen LogP contribution in [-0.4, -0.2) is 6.54 Å². The molecular weight excluding hydrogens is 275 g/mol. The summed E-state index contributed by atoms with van der Waals surface area (Å²) in [5.41, 5.74) is 1.20. The highest BCUT2D eigenvalue weighted by Gasteiger charge is 2.17. The van der Waals surface area contributed by atoms with E-state index in [1.807, 2.05) is 13.8 Å². The van der Waals surface area contributed by atoms with Crippen molar-refractivity contribution in [2.75, 3.05) is 6.54 Å². The Labute approximate surface area is 122 Å². The normalized spacial score (nSPS) is 12.4. The third-order valence-electron chi connectivity index (χ3n) is 3.42. The highest BCUT2D eigenvalue weighted by atomic mass is 19.2. The molecular formula is C17H18F3N. The molecule has 21 heavy (non-hydrogen) atoms. The SMILES string of the molecule is CCCNC(C)c1ccc(F)cc1-c1cccc(F)c1F. The van der Waals surface area contributed by atoms with E-state index in [0.717, 1.165) is 24.6 Å². The average Bonchev–Trinajstić information content (AvgIpc) is 2.47. The standard InChI is InChI=1S/C17H18F3N/c1-3-9-21-11(2)13-8-7-12(18)10-15(13)14-5-4-6-16(19)17(14)20/h4-8,10-11,21H,3,9H2,1-2H3. The molecule has 0 aliphatic rings. The van der Waals surface area contributed by atoms with Crippen molar-refractivity contribution in [2.45, 2.75) is 26.3 Å². The van der Waals surface area contributed by atoms with E-state index in [1.165, 1.54) is 24.3 Å². The van der Waals surface area contributed by atoms with Crippen LogP contribution in [0.25, 0.3) is 11.1 Å². The molecule has 0 saturated carbocycles. The van der Waals surface area contributed by atoms with Gasteiger partial charge in [-0.2, -0.15) is 0 Å². The second kappa shape index (κ2) is 6.76. The first-order chi connectivity index (χ1) is 10.0. The van der Waals surface area contributed by atoms with Gasteiger partial charge in [0.25, 0.3) is 0 Å². The van der Waals surface area contributed by atoms with Crippen molar-refractivity contribution >= 4 is 0 Å². The van der Waals surface area contributed by atoms with E-state index >= 15 is 0 Å². The van der Waals surface area contributed by atoms with E-state index in [0.29, 0.717) is 5.56 Å². The first kappa shape index (κ1) is 15.6. The molecule has 1 N–H and O–H groups in total. The van der Waals surface area contributed by atoms with Crippen LogP contribution in [0.15, 0.2) is 36.4 Å². The van der Waals surface area contributed by atoms with Gasteiger partial charge in [-0.3, -0.25) is 0 Å². The second-order valence-corrected chi connectivity index (χ2v) is 5.01. The molecule has 2 rings (SSSR count). The fourth-order valence-corrected chi connectivity index (χ4v) is 2.32. The summed E-state index contributed by atoms with van der Waals surface area (Å²) >= 11 is 0. The third-order valence-corrected chi connectivity index (χ3v) is 3.42. The number of halogens is 3. The van der Waals surface area contributed by atoms with Crippen molar-refractivity contribution in [1.29, 1.82) is 0 Å². The van der Waals surface area contributed by atoms with Crippen molar-refractivity contribution in [3.8, 4) is 11.1 Å². The fourth-order valence-electron chi connectivity index (χ4n) is 2.32. The number of benzene rings is 2. The lowest BCUT2D eigenvalue weighted by molar-refractivity contribution is 0.510. The zero-order valence-corrected chi connectivity index (χ0v) is 12.1. The quantitative estimate of drug-likeness (QED) is 0.832. The van der Waals surface area contributed by atoms with Gasteiger partial charge in [-0.15, -0.1) is 0 Å². The molecule has 0 heterocycles. The molecule has 4 heteroatoms. The van der Waals surface area contributed by atoms with Crippen LogP contribution in [0.1, 0.15) is 31.9 Å². The first-order valence-electron chi connectivity index (χ1n) is 7.01. The van der Waals surface area contributed by atoms with Crippen molar-refractivity contribution in [1.82, 2.24) is 5.32 Å². The van der Waals surface area contributed by atoms with Gasteiger partial charge in [-0.05, 0) is 49.2 Å². The second-order valence-electron chi connectivity index (χ2n) is 5.01. The lowest BCUT2D eigenvalue weighted by Gasteiger charge is -2.18. The van der Waals surface area contributed by atoms with Gasteiger partial charge in [0.2, 0.25) is 0 Å². The van der Waals surface area contributed by atoms with Crippen molar-refractivity contribution in [3.05, 3.63) is 59.4 Å². The Hall–Kier alpha value is -1.81. The summed E-state index contributed by atoms with van der Waals surface area (Å²) in [5.74, 6) is -2.36. The van der Waals surface area contributed by atoms with Gasteiger partial charge in [0.05, 0.1) is 0 Å². The zero-order valence-electron chi connectivity index (χ0n) is 12.1. The van der Waals surface area contributed by atoms with E-state index in [-0.39, 0.29) is 11.6 Å². The summed E-state index contributed by atoms with van der Waals surface area (Å²) in [7, 11) is 0. The summed E-state index contributed by atoms with van der Waals surface area (Å²) in [4.78, 5) is 0. The Morgan fingerprint density at radius 1 is 1.05 bits per heavy atom. The minimum absolute atomic E-state index is 0.0784. The minimum atomic E-state index is -0.952. The highest BCUT2D eigenvalue weighted by Crippen LogP contribution is 2.31. The van der Waals surface area contributed by atoms with Crippen molar-refractivity contribution < 1.29 is 13.2 Å². The van der Waals surface area contributed by atoms with Gasteiger partial charge in [-0.1, -0.05) is 25.1 Å². The molecule has 1 nitrogen and oxygen atoms in total. The molecule has 0 bridgehead atoms. The summed E-state index contributed by atoms with van der Waals surface area (Å²) < 4.78 is 41.0. The molecule has 0 aromatic heterocycles. The highest BCUT2D eigenvalue weighted by molar-refractivity contribution is 5.68. The maximum atomic E-state index is 14.0. The molecule has 0 saturated heterocycles. The average molecular weight is 293 g/mol. The molecule has 0 amide bonds. The van der Waals surface area contributed by atoms with Crippen LogP contribution in [0.2, 0.25) is 0 Å². The lowest BCUT2D eigenvalue weighted by atomic mass is 9.95. The molecule has 2 aromatic rings. The zero-order chi connectivity index (χ0) is 15.4. The summed E-state index contributed by atoms with van der Waals surface area (Å²) in [6.07, 6.45) is 0.954. The lowest BCUT2D eigenvalue weighted by Crippen LogP contribution is -2.20. The van der Waals surface area contributed by atoms with Gasteiger partial charge in [-0.25, -0.2) is 13.2 Å². The Bertz CT molecular complexity index is 625. The van der Waals surface area contributed by atoms with Crippen LogP contribution in [0.4, 0.5) is 13.2 Å². The number of hydrogen-bond donors (Lipinski definition) is 1. The van der Waals surface area contributed by atoms with Gasteiger partial charge in [0.15, 0.2) is 11.6 Å². The number of nitrogens with one attached hydrogen (secondary N) is 1. The third kappa shape index (κ3) is 3.45. The van der Waals surface area contributed by atoms with Gasteiger partial charge < -0.3 is 5.32 Å². The Kier molecular flexibility index (Phi) is 5.02. The first-order valence-corrected chi connectivity index (χ1v) is 7.01. The Morgan fingerprint density at radius 3 is 2.52 bits per heavy atom. The predicted molar refractivity (Wildman–Crippen MR) is 78.5 cm³/mol. The van der Waals surface area contributed by atoms with Gasteiger partial charge in [0.1, 0.15) is 5.82 Å². The molecule has 1 atom stereocenters. The fraction of sp³-hybridized carbons (Fsp3) is 0.294. The molecule has 1 unspecified atom stereocenters. The van der Waals surface area contributed by atoms with Crippen molar-refractivity contribution in [3.63, 3.8) is 0 Å². The number of hydrogen-bond acceptors (Lipinski definition) is 1. The van der Waals surface area contributed by atoms with Crippen molar-refractivity contribution in [2.24, 2.45) is 0 Å². The summed E-state index contributed by atoms with van der Waals surface area (Å²) in [6.45, 7) is 4.75. The van der Waals surface area contributed by atoms with Gasteiger partial charge in [0, 0.05) is 11.6 Å². The predicted octanol–water partition coefficient (Wildman–Crippen LogP) is 4.83. The van der Waals surface area contributed by atoms with Crippen LogP contribution < -0.4 is 5.32 Å². The number of rotatable bonds is 5. The molecule has 2 aromatic carbocycles. The summed E-state index contributed by atoms with van der Waals surface area (Å²) in [6, 6.07) is 8.05. The minimum Gasteiger partial charge on any atom is -0.310 e. The largest absolute Gasteiger partial charge is 0.310 e. The Balaban J connectivity index is 2.51. The molecule has 112 valence electrons. The topological polar surface area (TPSA) is 12.0 Å². The van der Waals surface area contributed by atoms with Gasteiger partial charge >= 0.3 is 0 Å². The maximum absolute atomic E-state index is 14.0. The smallest absolute Gasteiger partial charge is 0.166 e. The molecule has 0 spiro atoms. The van der Waals surface area contributed by atoms with E-state index in [4.69, 9.17) is 0 Å². The van der Waals surface area contributed by atoms with E-state index < -0.39 is 17.5 Å². The maximum Gasteiger partial charge on any atom is 0.166 e. The van der Waals surface area contributed by atoms with Crippen LogP contribution in [0.3, 0.4) is 0 Å². The summed E-state index contributed by atoms with van der Waals surface area (Å²) in [5, 5.41) is 3.27. The van der Waals surface area contributed by atoms with Crippen LogP contribution in [0, 0.1) is 17.5 Å². The molecule has 0 aliphatic carbocycles. The van der Waals surface area contributed by atoms with Crippen LogP contribution in [-0.2, 0) is 0 Å². The molecule has 0 radical (unpaired) electrons. The van der Waals surface area contributed by atoms with E-state index in [9.17, 15) is 13.2 Å². The van der Waals surface area contributed by atoms with Crippen LogP contribution >= 0.6 is 0 Å². The monoisotopic (exact) mass is 293 g/mol. The van der Waals surface area contributed by atoms with E-state index in [2.05, 4.69) is 5.32 Å². The molecule has 0 aliphatic heterocycles. The van der Waals surface area contributed by atoms with Crippen LogP contribution in [0.5, 0.6) is 0 Å². The Morgan fingerprint density at radius 2 is 1.81 bits per heavy atom. The molecule has 0 fully saturated rings.